The van der Waals surface area contributed by atoms with Gasteiger partial charge in [0.15, 0.2) is 0 Å². The number of rotatable bonds is 4. The van der Waals surface area contributed by atoms with Gasteiger partial charge in [-0.1, -0.05) is 23.7 Å². The van der Waals surface area contributed by atoms with E-state index in [2.05, 4.69) is 10.4 Å². The molecule has 17 heavy (non-hydrogen) atoms. The van der Waals surface area contributed by atoms with E-state index in [0.717, 1.165) is 17.0 Å². The van der Waals surface area contributed by atoms with Crippen LogP contribution < -0.4 is 11.3 Å². The molecule has 0 bridgehead atoms. The maximum atomic E-state index is 5.86. The summed E-state index contributed by atoms with van der Waals surface area (Å²) in [5, 5.41) is 0.730. The number of hydrogen-bond donors (Lipinski definition) is 2. The highest BCUT2D eigenvalue weighted by atomic mass is 35.5. The molecule has 2 rings (SSSR count). The molecule has 3 N–H and O–H groups in total. The highest BCUT2D eigenvalue weighted by molar-refractivity contribution is 6.30. The van der Waals surface area contributed by atoms with E-state index in [-0.39, 0.29) is 6.04 Å². The molecular weight excluding hydrogens is 234 g/mol. The van der Waals surface area contributed by atoms with Crippen molar-refractivity contribution in [3.63, 3.8) is 0 Å². The fourth-order valence-electron chi connectivity index (χ4n) is 1.72. The van der Waals surface area contributed by atoms with Gasteiger partial charge < -0.3 is 0 Å². The Balaban J connectivity index is 2.14. The fraction of sp³-hybridized carbons (Fsp3) is 0.154. The lowest BCUT2D eigenvalue weighted by Crippen LogP contribution is -2.29. The predicted molar refractivity (Wildman–Crippen MR) is 69.5 cm³/mol. The van der Waals surface area contributed by atoms with E-state index < -0.39 is 0 Å². The molecule has 4 heteroatoms. The summed E-state index contributed by atoms with van der Waals surface area (Å²) >= 11 is 5.86. The number of nitrogens with two attached hydrogens (primary N) is 1. The molecule has 1 heterocycles. The number of benzene rings is 1. The van der Waals surface area contributed by atoms with Crippen LogP contribution in [0.25, 0.3) is 0 Å². The summed E-state index contributed by atoms with van der Waals surface area (Å²) in [7, 11) is 0. The molecule has 0 aliphatic heterocycles. The Morgan fingerprint density at radius 2 is 1.76 bits per heavy atom. The van der Waals surface area contributed by atoms with Crippen LogP contribution in [0, 0.1) is 0 Å². The molecule has 0 saturated carbocycles. The number of hydrogen-bond acceptors (Lipinski definition) is 3. The molecule has 0 aliphatic carbocycles. The summed E-state index contributed by atoms with van der Waals surface area (Å²) in [6, 6.07) is 11.7. The second kappa shape index (κ2) is 5.77. The van der Waals surface area contributed by atoms with Crippen LogP contribution in [0.4, 0.5) is 0 Å². The van der Waals surface area contributed by atoms with Gasteiger partial charge in [-0.25, -0.2) is 0 Å². The second-order valence-electron chi connectivity index (χ2n) is 3.83. The van der Waals surface area contributed by atoms with Gasteiger partial charge in [0.05, 0.1) is 0 Å². The van der Waals surface area contributed by atoms with Gasteiger partial charge in [-0.2, -0.15) is 0 Å². The summed E-state index contributed by atoms with van der Waals surface area (Å²) in [4.78, 5) is 3.99. The smallest absolute Gasteiger partial charge is 0.0500 e. The maximum absolute atomic E-state index is 5.86. The minimum atomic E-state index is 0.0784. The van der Waals surface area contributed by atoms with Crippen molar-refractivity contribution in [2.75, 3.05) is 0 Å². The number of halogens is 1. The van der Waals surface area contributed by atoms with Gasteiger partial charge in [-0.3, -0.25) is 16.3 Å². The van der Waals surface area contributed by atoms with Crippen molar-refractivity contribution in [2.45, 2.75) is 12.5 Å². The van der Waals surface area contributed by atoms with Crippen LogP contribution in [-0.2, 0) is 6.42 Å². The number of pyridine rings is 1. The van der Waals surface area contributed by atoms with Gasteiger partial charge in [0, 0.05) is 23.5 Å². The first-order valence-corrected chi connectivity index (χ1v) is 5.78. The Morgan fingerprint density at radius 3 is 2.35 bits per heavy atom. The third kappa shape index (κ3) is 3.27. The van der Waals surface area contributed by atoms with Crippen LogP contribution in [0.1, 0.15) is 17.2 Å². The SMILES string of the molecule is NNC(Cc1ccncc1)c1ccc(Cl)cc1. The number of nitrogens with zero attached hydrogens (tertiary/aromatic N) is 1. The van der Waals surface area contributed by atoms with E-state index in [1.165, 1.54) is 5.56 Å². The number of hydrazine groups is 1. The molecule has 3 nitrogen and oxygen atoms in total. The lowest BCUT2D eigenvalue weighted by molar-refractivity contribution is 0.552. The third-order valence-corrected chi connectivity index (χ3v) is 2.91. The second-order valence-corrected chi connectivity index (χ2v) is 4.27. The fourth-order valence-corrected chi connectivity index (χ4v) is 1.85. The van der Waals surface area contributed by atoms with E-state index in [9.17, 15) is 0 Å². The average molecular weight is 248 g/mol. The van der Waals surface area contributed by atoms with Crippen molar-refractivity contribution in [3.05, 3.63) is 64.9 Å². The summed E-state index contributed by atoms with van der Waals surface area (Å²) < 4.78 is 0. The van der Waals surface area contributed by atoms with E-state index >= 15 is 0 Å². The largest absolute Gasteiger partial charge is 0.271 e. The number of nitrogens with one attached hydrogen (secondary N) is 1. The molecular formula is C13H14ClN3. The zero-order chi connectivity index (χ0) is 12.1. The molecule has 0 spiro atoms. The standard InChI is InChI=1S/C13H14ClN3/c14-12-3-1-11(2-4-12)13(17-15)9-10-5-7-16-8-6-10/h1-8,13,17H,9,15H2. The summed E-state index contributed by atoms with van der Waals surface area (Å²) in [5.74, 6) is 5.59. The van der Waals surface area contributed by atoms with E-state index in [0.29, 0.717) is 0 Å². The minimum absolute atomic E-state index is 0.0784. The van der Waals surface area contributed by atoms with Gasteiger partial charge in [-0.05, 0) is 41.8 Å². The first kappa shape index (κ1) is 12.0. The molecule has 1 unspecified atom stereocenters. The Morgan fingerprint density at radius 1 is 1.12 bits per heavy atom. The lowest BCUT2D eigenvalue weighted by atomic mass is 10.0. The quantitative estimate of drug-likeness (QED) is 0.645. The predicted octanol–water partition coefficient (Wildman–Crippen LogP) is 2.48. The van der Waals surface area contributed by atoms with Crippen LogP contribution in [0.15, 0.2) is 48.8 Å². The first-order chi connectivity index (χ1) is 8.29. The minimum Gasteiger partial charge on any atom is -0.271 e. The van der Waals surface area contributed by atoms with Crippen LogP contribution in [-0.4, -0.2) is 4.98 Å². The van der Waals surface area contributed by atoms with Gasteiger partial charge >= 0.3 is 0 Å². The zero-order valence-corrected chi connectivity index (χ0v) is 10.1. The highest BCUT2D eigenvalue weighted by Gasteiger charge is 2.10. The Labute approximate surface area is 106 Å². The molecule has 2 aromatic rings. The van der Waals surface area contributed by atoms with Crippen LogP contribution in [0.2, 0.25) is 5.02 Å². The van der Waals surface area contributed by atoms with Crippen LogP contribution in [0.3, 0.4) is 0 Å². The summed E-state index contributed by atoms with van der Waals surface area (Å²) in [6.07, 6.45) is 4.39. The number of aromatic nitrogens is 1. The Bertz CT molecular complexity index is 456. The average Bonchev–Trinajstić information content (AvgIpc) is 2.38. The topological polar surface area (TPSA) is 50.9 Å². The van der Waals surface area contributed by atoms with Crippen molar-refractivity contribution in [1.82, 2.24) is 10.4 Å². The molecule has 0 radical (unpaired) electrons. The molecule has 1 atom stereocenters. The highest BCUT2D eigenvalue weighted by Crippen LogP contribution is 2.19. The van der Waals surface area contributed by atoms with Crippen molar-refractivity contribution < 1.29 is 0 Å². The van der Waals surface area contributed by atoms with Crippen molar-refractivity contribution in [2.24, 2.45) is 5.84 Å². The summed E-state index contributed by atoms with van der Waals surface area (Å²) in [5.41, 5.74) is 5.13. The van der Waals surface area contributed by atoms with Gasteiger partial charge in [-0.15, -0.1) is 0 Å². The van der Waals surface area contributed by atoms with E-state index in [4.69, 9.17) is 17.4 Å². The van der Waals surface area contributed by atoms with Crippen molar-refractivity contribution in [3.8, 4) is 0 Å². The first-order valence-electron chi connectivity index (χ1n) is 5.40. The van der Waals surface area contributed by atoms with Gasteiger partial charge in [0.25, 0.3) is 0 Å². The zero-order valence-electron chi connectivity index (χ0n) is 9.31. The van der Waals surface area contributed by atoms with Crippen molar-refractivity contribution >= 4 is 11.6 Å². The molecule has 0 amide bonds. The van der Waals surface area contributed by atoms with Crippen molar-refractivity contribution in [1.29, 1.82) is 0 Å². The van der Waals surface area contributed by atoms with Gasteiger partial charge in [0.2, 0.25) is 0 Å². The van der Waals surface area contributed by atoms with E-state index in [1.54, 1.807) is 12.4 Å². The maximum Gasteiger partial charge on any atom is 0.0500 e. The Kier molecular flexibility index (Phi) is 4.09. The molecule has 88 valence electrons. The molecule has 0 saturated heterocycles. The monoisotopic (exact) mass is 247 g/mol. The van der Waals surface area contributed by atoms with Crippen LogP contribution in [0.5, 0.6) is 0 Å². The molecule has 1 aromatic heterocycles. The normalized spacial score (nSPS) is 12.4. The Hall–Kier alpha value is -1.42. The molecule has 1 aromatic carbocycles. The van der Waals surface area contributed by atoms with Gasteiger partial charge in [0.1, 0.15) is 0 Å². The van der Waals surface area contributed by atoms with E-state index in [1.807, 2.05) is 36.4 Å². The summed E-state index contributed by atoms with van der Waals surface area (Å²) in [6.45, 7) is 0. The molecule has 0 aliphatic rings. The molecule has 0 fully saturated rings. The van der Waals surface area contributed by atoms with Crippen LogP contribution >= 0.6 is 11.6 Å². The third-order valence-electron chi connectivity index (χ3n) is 2.66. The lowest BCUT2D eigenvalue weighted by Gasteiger charge is -2.16.